The number of aryl methyl sites for hydroxylation is 1. The van der Waals surface area contributed by atoms with Crippen molar-refractivity contribution < 1.29 is 19.0 Å². The molecule has 31 heavy (non-hydrogen) atoms. The van der Waals surface area contributed by atoms with E-state index in [1.54, 1.807) is 23.5 Å². The second-order valence-electron chi connectivity index (χ2n) is 7.23. The highest BCUT2D eigenvalue weighted by Crippen LogP contribution is 2.39. The Hall–Kier alpha value is -2.71. The van der Waals surface area contributed by atoms with Crippen molar-refractivity contribution in [2.75, 3.05) is 52.4 Å². The quantitative estimate of drug-likeness (QED) is 0.566. The van der Waals surface area contributed by atoms with Crippen LogP contribution < -0.4 is 19.1 Å². The minimum atomic E-state index is -0.0675. The number of ether oxygens (including phenoxy) is 3. The van der Waals surface area contributed by atoms with Gasteiger partial charge in [0.2, 0.25) is 5.75 Å². The Balaban J connectivity index is 1.51. The summed E-state index contributed by atoms with van der Waals surface area (Å²) < 4.78 is 17.1. The molecule has 0 unspecified atom stereocenters. The first kappa shape index (κ1) is 21.5. The number of halogens is 1. The lowest BCUT2D eigenvalue weighted by molar-refractivity contribution is 0.0746. The maximum absolute atomic E-state index is 13.1. The van der Waals surface area contributed by atoms with Crippen LogP contribution in [0.2, 0.25) is 5.02 Å². The van der Waals surface area contributed by atoms with Crippen LogP contribution >= 0.6 is 22.9 Å². The van der Waals surface area contributed by atoms with Gasteiger partial charge in [0.15, 0.2) is 16.6 Å². The number of thiazole rings is 1. The average molecular weight is 462 g/mol. The van der Waals surface area contributed by atoms with Gasteiger partial charge in [-0.2, -0.15) is 0 Å². The van der Waals surface area contributed by atoms with Gasteiger partial charge in [0, 0.05) is 31.7 Å². The predicted octanol–water partition coefficient (Wildman–Crippen LogP) is 4.25. The number of piperazine rings is 1. The van der Waals surface area contributed by atoms with Crippen molar-refractivity contribution in [2.45, 2.75) is 6.92 Å². The van der Waals surface area contributed by atoms with Crippen LogP contribution in [-0.2, 0) is 0 Å². The molecule has 1 aliphatic heterocycles. The number of fused-ring (bicyclic) bond motifs is 1. The number of benzene rings is 2. The Morgan fingerprint density at radius 2 is 1.68 bits per heavy atom. The standard InChI is InChI=1S/C22H24ClN3O4S/c1-13-5-6-15(23)20-18(13)24-22(31-20)26-9-7-25(8-10-26)21(27)14-11-16(28-2)19(30-4)17(12-14)29-3/h5-6,11-12H,7-10H2,1-4H3. The summed E-state index contributed by atoms with van der Waals surface area (Å²) in [6.45, 7) is 4.63. The molecule has 0 saturated carbocycles. The van der Waals surface area contributed by atoms with Gasteiger partial charge in [-0.25, -0.2) is 4.98 Å². The minimum absolute atomic E-state index is 0.0675. The van der Waals surface area contributed by atoms with E-state index >= 15 is 0 Å². The fourth-order valence-electron chi connectivity index (χ4n) is 3.71. The number of anilines is 1. The summed E-state index contributed by atoms with van der Waals surface area (Å²) in [4.78, 5) is 22.0. The number of methoxy groups -OCH3 is 3. The summed E-state index contributed by atoms with van der Waals surface area (Å²) in [5.41, 5.74) is 2.56. The van der Waals surface area contributed by atoms with E-state index < -0.39 is 0 Å². The number of carbonyl (C=O) groups is 1. The number of nitrogens with zero attached hydrogens (tertiary/aromatic N) is 3. The van der Waals surface area contributed by atoms with Gasteiger partial charge in [0.1, 0.15) is 0 Å². The number of carbonyl (C=O) groups excluding carboxylic acids is 1. The molecule has 0 N–H and O–H groups in total. The maximum atomic E-state index is 13.1. The van der Waals surface area contributed by atoms with E-state index in [0.717, 1.165) is 25.9 Å². The Kier molecular flexibility index (Phi) is 6.11. The lowest BCUT2D eigenvalue weighted by Crippen LogP contribution is -2.48. The van der Waals surface area contributed by atoms with Gasteiger partial charge < -0.3 is 24.0 Å². The monoisotopic (exact) mass is 461 g/mol. The van der Waals surface area contributed by atoms with Crippen LogP contribution in [0.3, 0.4) is 0 Å². The van der Waals surface area contributed by atoms with Crippen LogP contribution in [0.25, 0.3) is 10.2 Å². The largest absolute Gasteiger partial charge is 0.493 e. The maximum Gasteiger partial charge on any atom is 0.254 e. The molecule has 0 spiro atoms. The summed E-state index contributed by atoms with van der Waals surface area (Å²) in [5, 5.41) is 1.66. The topological polar surface area (TPSA) is 64.1 Å². The van der Waals surface area contributed by atoms with Gasteiger partial charge in [-0.1, -0.05) is 29.0 Å². The highest BCUT2D eigenvalue weighted by Gasteiger charge is 2.26. The highest BCUT2D eigenvalue weighted by molar-refractivity contribution is 7.22. The van der Waals surface area contributed by atoms with Crippen LogP contribution in [0.4, 0.5) is 5.13 Å². The first-order valence-electron chi connectivity index (χ1n) is 9.86. The number of amides is 1. The molecular weight excluding hydrogens is 438 g/mol. The van der Waals surface area contributed by atoms with Crippen LogP contribution in [0.1, 0.15) is 15.9 Å². The van der Waals surface area contributed by atoms with Crippen LogP contribution in [-0.4, -0.2) is 63.3 Å². The number of hydrogen-bond donors (Lipinski definition) is 0. The third-order valence-electron chi connectivity index (χ3n) is 5.44. The summed E-state index contributed by atoms with van der Waals surface area (Å²) in [5.74, 6) is 1.33. The normalized spacial score (nSPS) is 14.1. The molecule has 0 atom stereocenters. The van der Waals surface area contributed by atoms with E-state index in [9.17, 15) is 4.79 Å². The fraction of sp³-hybridized carbons (Fsp3) is 0.364. The van der Waals surface area contributed by atoms with Gasteiger partial charge in [-0.3, -0.25) is 4.79 Å². The van der Waals surface area contributed by atoms with Crippen molar-refractivity contribution >= 4 is 44.2 Å². The lowest BCUT2D eigenvalue weighted by Gasteiger charge is -2.34. The second-order valence-corrected chi connectivity index (χ2v) is 8.62. The smallest absolute Gasteiger partial charge is 0.254 e. The Morgan fingerprint density at radius 1 is 1.03 bits per heavy atom. The van der Waals surface area contributed by atoms with Gasteiger partial charge in [-0.05, 0) is 30.7 Å². The van der Waals surface area contributed by atoms with E-state index in [1.165, 1.54) is 21.3 Å². The first-order valence-corrected chi connectivity index (χ1v) is 11.1. The van der Waals surface area contributed by atoms with Crippen molar-refractivity contribution in [3.63, 3.8) is 0 Å². The fourth-order valence-corrected chi connectivity index (χ4v) is 5.08. The van der Waals surface area contributed by atoms with Crippen molar-refractivity contribution in [1.82, 2.24) is 9.88 Å². The third-order valence-corrected chi connectivity index (χ3v) is 7.01. The molecule has 3 aromatic rings. The average Bonchev–Trinajstić information content (AvgIpc) is 3.27. The Bertz CT molecular complexity index is 1060. The van der Waals surface area contributed by atoms with Gasteiger partial charge in [-0.15, -0.1) is 0 Å². The first-order chi connectivity index (χ1) is 15.0. The molecule has 164 valence electrons. The zero-order valence-corrected chi connectivity index (χ0v) is 19.5. The number of hydrogen-bond acceptors (Lipinski definition) is 7. The zero-order chi connectivity index (χ0) is 22.1. The molecule has 0 bridgehead atoms. The minimum Gasteiger partial charge on any atom is -0.493 e. The van der Waals surface area contributed by atoms with Crippen molar-refractivity contribution in [1.29, 1.82) is 0 Å². The summed E-state index contributed by atoms with van der Waals surface area (Å²) in [6, 6.07) is 7.28. The zero-order valence-electron chi connectivity index (χ0n) is 17.9. The second kappa shape index (κ2) is 8.80. The van der Waals surface area contributed by atoms with Crippen LogP contribution in [0, 0.1) is 6.92 Å². The van der Waals surface area contributed by atoms with Crippen molar-refractivity contribution in [3.05, 3.63) is 40.4 Å². The van der Waals surface area contributed by atoms with E-state index in [1.807, 2.05) is 24.0 Å². The SMILES string of the molecule is COc1cc(C(=O)N2CCN(c3nc4c(C)ccc(Cl)c4s3)CC2)cc(OC)c1OC. The third kappa shape index (κ3) is 3.97. The van der Waals surface area contributed by atoms with Gasteiger partial charge >= 0.3 is 0 Å². The summed E-state index contributed by atoms with van der Waals surface area (Å²) in [7, 11) is 4.62. The Morgan fingerprint density at radius 3 is 2.23 bits per heavy atom. The molecule has 4 rings (SSSR count). The number of aromatic nitrogens is 1. The molecule has 2 heterocycles. The highest BCUT2D eigenvalue weighted by atomic mass is 35.5. The number of rotatable bonds is 5. The molecule has 7 nitrogen and oxygen atoms in total. The van der Waals surface area contributed by atoms with E-state index in [2.05, 4.69) is 4.90 Å². The van der Waals surface area contributed by atoms with E-state index in [0.29, 0.717) is 49.0 Å². The van der Waals surface area contributed by atoms with Gasteiger partial charge in [0.25, 0.3) is 5.91 Å². The predicted molar refractivity (Wildman–Crippen MR) is 124 cm³/mol. The molecule has 1 amide bonds. The lowest BCUT2D eigenvalue weighted by atomic mass is 10.1. The molecular formula is C22H24ClN3O4S. The van der Waals surface area contributed by atoms with E-state index in [4.69, 9.17) is 30.8 Å². The van der Waals surface area contributed by atoms with E-state index in [-0.39, 0.29) is 5.91 Å². The summed E-state index contributed by atoms with van der Waals surface area (Å²) >= 11 is 7.95. The molecule has 9 heteroatoms. The van der Waals surface area contributed by atoms with Crippen LogP contribution in [0.15, 0.2) is 24.3 Å². The molecule has 1 fully saturated rings. The molecule has 1 saturated heterocycles. The van der Waals surface area contributed by atoms with Crippen molar-refractivity contribution in [2.24, 2.45) is 0 Å². The summed E-state index contributed by atoms with van der Waals surface area (Å²) in [6.07, 6.45) is 0. The molecule has 0 aliphatic carbocycles. The Labute approximate surface area is 190 Å². The molecule has 1 aromatic heterocycles. The molecule has 1 aliphatic rings. The van der Waals surface area contributed by atoms with Crippen molar-refractivity contribution in [3.8, 4) is 17.2 Å². The van der Waals surface area contributed by atoms with Crippen LogP contribution in [0.5, 0.6) is 17.2 Å². The molecule has 2 aromatic carbocycles. The van der Waals surface area contributed by atoms with Gasteiger partial charge in [0.05, 0.1) is 36.6 Å². The molecule has 0 radical (unpaired) electrons.